The van der Waals surface area contributed by atoms with Gasteiger partial charge in [0.2, 0.25) is 10.0 Å². The number of para-hydroxylation sites is 1. The van der Waals surface area contributed by atoms with Crippen molar-refractivity contribution in [2.45, 2.75) is 32.1 Å². The Bertz CT molecular complexity index is 1020. The summed E-state index contributed by atoms with van der Waals surface area (Å²) < 4.78 is 54.8. The molecule has 2 rings (SSSR count). The van der Waals surface area contributed by atoms with Crippen LogP contribution in [0, 0.1) is 12.8 Å². The molecule has 0 aromatic heterocycles. The number of sulfonamides is 2. The maximum atomic E-state index is 12.8. The first kappa shape index (κ1) is 21.5. The van der Waals surface area contributed by atoms with E-state index in [4.69, 9.17) is 11.6 Å². The molecule has 2 aromatic carbocycles. The lowest BCUT2D eigenvalue weighted by Crippen LogP contribution is -2.19. The van der Waals surface area contributed by atoms with Gasteiger partial charge in [-0.2, -0.15) is 0 Å². The van der Waals surface area contributed by atoms with E-state index in [-0.39, 0.29) is 33.0 Å². The lowest BCUT2D eigenvalue weighted by Gasteiger charge is -2.14. The van der Waals surface area contributed by atoms with Crippen molar-refractivity contribution in [1.82, 2.24) is 0 Å². The smallest absolute Gasteiger partial charge is 0.262 e. The van der Waals surface area contributed by atoms with Crippen LogP contribution in [0.1, 0.15) is 25.8 Å². The largest absolute Gasteiger partial charge is 0.284 e. The van der Waals surface area contributed by atoms with E-state index in [1.54, 1.807) is 37.3 Å². The van der Waals surface area contributed by atoms with Crippen molar-refractivity contribution < 1.29 is 16.8 Å². The fraction of sp³-hybridized carbons (Fsp3) is 0.333. The first-order valence-corrected chi connectivity index (χ1v) is 11.9. The van der Waals surface area contributed by atoms with Crippen LogP contribution in [0.3, 0.4) is 0 Å². The van der Waals surface area contributed by atoms with E-state index in [9.17, 15) is 16.8 Å². The van der Waals surface area contributed by atoms with Gasteiger partial charge in [-0.05, 0) is 49.1 Å². The van der Waals surface area contributed by atoms with Gasteiger partial charge in [-0.1, -0.05) is 43.6 Å². The second-order valence-corrected chi connectivity index (χ2v) is 10.6. The molecule has 148 valence electrons. The van der Waals surface area contributed by atoms with Gasteiger partial charge < -0.3 is 0 Å². The maximum absolute atomic E-state index is 12.8. The molecule has 0 spiro atoms. The van der Waals surface area contributed by atoms with Gasteiger partial charge in [-0.15, -0.1) is 0 Å². The van der Waals surface area contributed by atoms with E-state index in [1.807, 2.05) is 13.8 Å². The Balaban J connectivity index is 2.30. The Morgan fingerprint density at radius 3 is 2.30 bits per heavy atom. The van der Waals surface area contributed by atoms with E-state index in [0.717, 1.165) is 0 Å². The molecule has 0 aliphatic rings. The third-order valence-electron chi connectivity index (χ3n) is 3.83. The van der Waals surface area contributed by atoms with Gasteiger partial charge in [0.25, 0.3) is 10.0 Å². The Labute approximate surface area is 166 Å². The van der Waals surface area contributed by atoms with Gasteiger partial charge in [0.1, 0.15) is 0 Å². The van der Waals surface area contributed by atoms with Crippen molar-refractivity contribution in [3.8, 4) is 0 Å². The Kier molecular flexibility index (Phi) is 6.77. The van der Waals surface area contributed by atoms with Crippen LogP contribution in [0.5, 0.6) is 0 Å². The normalized spacial score (nSPS) is 12.2. The molecule has 0 bridgehead atoms. The number of halogens is 1. The van der Waals surface area contributed by atoms with Crippen LogP contribution in [0.15, 0.2) is 47.4 Å². The lowest BCUT2D eigenvalue weighted by molar-refractivity contribution is 0.577. The first-order valence-electron chi connectivity index (χ1n) is 8.39. The highest BCUT2D eigenvalue weighted by Crippen LogP contribution is 2.27. The van der Waals surface area contributed by atoms with E-state index in [0.29, 0.717) is 12.0 Å². The fourth-order valence-corrected chi connectivity index (χ4v) is 5.28. The topological polar surface area (TPSA) is 92.3 Å². The van der Waals surface area contributed by atoms with Gasteiger partial charge in [0, 0.05) is 5.69 Å². The maximum Gasteiger partial charge on any atom is 0.262 e. The number of aryl methyl sites for hydroxylation is 1. The number of hydrogen-bond donors (Lipinski definition) is 2. The van der Waals surface area contributed by atoms with Crippen molar-refractivity contribution in [2.24, 2.45) is 5.92 Å². The van der Waals surface area contributed by atoms with Crippen molar-refractivity contribution in [2.75, 3.05) is 15.2 Å². The second kappa shape index (κ2) is 8.50. The summed E-state index contributed by atoms with van der Waals surface area (Å²) in [6.45, 7) is 5.51. The van der Waals surface area contributed by atoms with Crippen LogP contribution in [-0.2, 0) is 20.0 Å². The minimum Gasteiger partial charge on any atom is -0.284 e. The molecule has 0 aliphatic carbocycles. The molecule has 0 aliphatic heterocycles. The highest BCUT2D eigenvalue weighted by Gasteiger charge is 2.20. The van der Waals surface area contributed by atoms with Gasteiger partial charge in [-0.25, -0.2) is 16.8 Å². The molecule has 2 N–H and O–H groups in total. The monoisotopic (exact) mass is 430 g/mol. The summed E-state index contributed by atoms with van der Waals surface area (Å²) in [5.41, 5.74) is 0.935. The molecule has 0 fully saturated rings. The minimum atomic E-state index is -3.94. The fourth-order valence-electron chi connectivity index (χ4n) is 2.32. The van der Waals surface area contributed by atoms with Crippen LogP contribution in [-0.4, -0.2) is 22.6 Å². The Hall–Kier alpha value is -1.77. The van der Waals surface area contributed by atoms with E-state index < -0.39 is 20.0 Å². The zero-order valence-electron chi connectivity index (χ0n) is 15.4. The van der Waals surface area contributed by atoms with Crippen LogP contribution in [0.2, 0.25) is 5.02 Å². The van der Waals surface area contributed by atoms with Gasteiger partial charge >= 0.3 is 0 Å². The third-order valence-corrected chi connectivity index (χ3v) is 6.99. The van der Waals surface area contributed by atoms with Crippen molar-refractivity contribution >= 4 is 43.0 Å². The van der Waals surface area contributed by atoms with Crippen LogP contribution < -0.4 is 9.44 Å². The molecule has 6 nitrogen and oxygen atoms in total. The van der Waals surface area contributed by atoms with Gasteiger partial charge in [-0.3, -0.25) is 9.44 Å². The SMILES string of the molecule is Cc1ccc(NS(=O)(=O)CCC(C)C)cc1S(=O)(=O)Nc1ccccc1Cl. The van der Waals surface area contributed by atoms with Crippen molar-refractivity contribution in [3.05, 3.63) is 53.1 Å². The molecular weight excluding hydrogens is 408 g/mol. The number of rotatable bonds is 8. The number of benzene rings is 2. The Morgan fingerprint density at radius 2 is 1.67 bits per heavy atom. The van der Waals surface area contributed by atoms with Crippen LogP contribution in [0.4, 0.5) is 11.4 Å². The standard InChI is InChI=1S/C18H23ClN2O4S2/c1-13(2)10-11-26(22,23)20-15-9-8-14(3)18(12-15)27(24,25)21-17-7-5-4-6-16(17)19/h4-9,12-13,20-21H,10-11H2,1-3H3. The molecule has 0 amide bonds. The number of hydrogen-bond acceptors (Lipinski definition) is 4. The van der Waals surface area contributed by atoms with E-state index in [2.05, 4.69) is 9.44 Å². The Morgan fingerprint density at radius 1 is 1.00 bits per heavy atom. The molecule has 0 atom stereocenters. The molecular formula is C18H23ClN2O4S2. The highest BCUT2D eigenvalue weighted by atomic mass is 35.5. The molecule has 2 aromatic rings. The summed E-state index contributed by atoms with van der Waals surface area (Å²) in [7, 11) is -7.50. The molecule has 9 heteroatoms. The van der Waals surface area contributed by atoms with Crippen LogP contribution in [0.25, 0.3) is 0 Å². The van der Waals surface area contributed by atoms with E-state index in [1.165, 1.54) is 12.1 Å². The molecule has 27 heavy (non-hydrogen) atoms. The second-order valence-electron chi connectivity index (χ2n) is 6.67. The predicted molar refractivity (Wildman–Crippen MR) is 110 cm³/mol. The van der Waals surface area contributed by atoms with E-state index >= 15 is 0 Å². The molecule has 0 heterocycles. The van der Waals surface area contributed by atoms with Crippen molar-refractivity contribution in [3.63, 3.8) is 0 Å². The molecule has 0 unspecified atom stereocenters. The summed E-state index contributed by atoms with van der Waals surface area (Å²) in [5, 5.41) is 0.268. The van der Waals surface area contributed by atoms with Gasteiger partial charge in [0.15, 0.2) is 0 Å². The van der Waals surface area contributed by atoms with Gasteiger partial charge in [0.05, 0.1) is 21.4 Å². The molecule has 0 radical (unpaired) electrons. The first-order chi connectivity index (χ1) is 12.5. The minimum absolute atomic E-state index is 0.0218. The summed E-state index contributed by atoms with van der Waals surface area (Å²) >= 11 is 6.02. The highest BCUT2D eigenvalue weighted by molar-refractivity contribution is 7.93. The predicted octanol–water partition coefficient (Wildman–Crippen LogP) is 4.24. The zero-order chi connectivity index (χ0) is 20.2. The molecule has 0 saturated carbocycles. The quantitative estimate of drug-likeness (QED) is 0.655. The summed E-state index contributed by atoms with van der Waals surface area (Å²) in [6, 6.07) is 10.9. The number of nitrogens with one attached hydrogen (secondary N) is 2. The van der Waals surface area contributed by atoms with Crippen molar-refractivity contribution in [1.29, 1.82) is 0 Å². The third kappa shape index (κ3) is 6.12. The summed E-state index contributed by atoms with van der Waals surface area (Å²) in [5.74, 6) is 0.216. The summed E-state index contributed by atoms with van der Waals surface area (Å²) in [4.78, 5) is -0.0218. The average Bonchev–Trinajstić information content (AvgIpc) is 2.56. The number of anilines is 2. The van der Waals surface area contributed by atoms with Crippen LogP contribution >= 0.6 is 11.6 Å². The summed E-state index contributed by atoms with van der Waals surface area (Å²) in [6.07, 6.45) is 0.514. The molecule has 0 saturated heterocycles. The average molecular weight is 431 g/mol. The zero-order valence-corrected chi connectivity index (χ0v) is 17.7. The lowest BCUT2D eigenvalue weighted by atomic mass is 10.2.